The molecule has 0 aliphatic rings. The molecule has 2 aromatic rings. The van der Waals surface area contributed by atoms with Gasteiger partial charge in [-0.05, 0) is 50.3 Å². The first kappa shape index (κ1) is 16.1. The number of hydrogen-bond acceptors (Lipinski definition) is 3. The van der Waals surface area contributed by atoms with Crippen LogP contribution in [-0.4, -0.2) is 11.7 Å². The second kappa shape index (κ2) is 7.14. The number of aryl methyl sites for hydroxylation is 3. The predicted octanol–water partition coefficient (Wildman–Crippen LogP) is 4.64. The standard InChI is InChI=1S/C17H21NOS2/c1-11-8-12(2)17(13(3)9-11)21-10-16(19)18-14(4)15-6-5-7-20-15/h5-9,14H,10H2,1-4H3,(H,18,19)/t14-/m1/s1. The van der Waals surface area contributed by atoms with E-state index < -0.39 is 0 Å². The highest BCUT2D eigenvalue weighted by Crippen LogP contribution is 2.27. The van der Waals surface area contributed by atoms with Crippen molar-refractivity contribution in [2.75, 3.05) is 5.75 Å². The Kier molecular flexibility index (Phi) is 5.48. The van der Waals surface area contributed by atoms with E-state index in [4.69, 9.17) is 0 Å². The normalized spacial score (nSPS) is 12.2. The van der Waals surface area contributed by atoms with E-state index in [1.54, 1.807) is 23.1 Å². The van der Waals surface area contributed by atoms with Crippen LogP contribution in [0.1, 0.15) is 34.5 Å². The van der Waals surface area contributed by atoms with E-state index in [2.05, 4.69) is 44.3 Å². The molecule has 4 heteroatoms. The number of carbonyl (C=O) groups is 1. The molecule has 1 aromatic heterocycles. The predicted molar refractivity (Wildman–Crippen MR) is 92.3 cm³/mol. The van der Waals surface area contributed by atoms with Crippen LogP contribution in [0.2, 0.25) is 0 Å². The maximum atomic E-state index is 12.1. The minimum absolute atomic E-state index is 0.0818. The topological polar surface area (TPSA) is 29.1 Å². The fourth-order valence-corrected chi connectivity index (χ4v) is 4.09. The first-order chi connectivity index (χ1) is 9.97. The van der Waals surface area contributed by atoms with Crippen molar-refractivity contribution in [3.8, 4) is 0 Å². The molecule has 0 aliphatic heterocycles. The van der Waals surface area contributed by atoms with Gasteiger partial charge in [0.1, 0.15) is 0 Å². The minimum Gasteiger partial charge on any atom is -0.348 e. The summed E-state index contributed by atoms with van der Waals surface area (Å²) in [7, 11) is 0. The van der Waals surface area contributed by atoms with Gasteiger partial charge in [0.2, 0.25) is 5.91 Å². The Hall–Kier alpha value is -1.26. The highest BCUT2D eigenvalue weighted by Gasteiger charge is 2.12. The zero-order valence-electron chi connectivity index (χ0n) is 12.9. The first-order valence-electron chi connectivity index (χ1n) is 7.01. The number of benzene rings is 1. The van der Waals surface area contributed by atoms with Crippen LogP contribution in [-0.2, 0) is 4.79 Å². The third-order valence-electron chi connectivity index (χ3n) is 3.30. The summed E-state index contributed by atoms with van der Waals surface area (Å²) in [6.07, 6.45) is 0. The van der Waals surface area contributed by atoms with Crippen LogP contribution in [0.25, 0.3) is 0 Å². The van der Waals surface area contributed by atoms with E-state index in [0.717, 1.165) is 0 Å². The molecule has 0 fully saturated rings. The molecular formula is C17H21NOS2. The van der Waals surface area contributed by atoms with Crippen LogP contribution < -0.4 is 5.32 Å². The Labute approximate surface area is 135 Å². The molecule has 21 heavy (non-hydrogen) atoms. The van der Waals surface area contributed by atoms with E-state index in [1.807, 2.05) is 18.4 Å². The number of thiophene rings is 1. The summed E-state index contributed by atoms with van der Waals surface area (Å²) in [4.78, 5) is 14.5. The Morgan fingerprint density at radius 2 is 1.95 bits per heavy atom. The molecular weight excluding hydrogens is 298 g/mol. The number of thioether (sulfide) groups is 1. The zero-order valence-corrected chi connectivity index (χ0v) is 14.5. The average molecular weight is 319 g/mol. The highest BCUT2D eigenvalue weighted by molar-refractivity contribution is 8.00. The molecule has 0 radical (unpaired) electrons. The van der Waals surface area contributed by atoms with Crippen molar-refractivity contribution in [1.82, 2.24) is 5.32 Å². The van der Waals surface area contributed by atoms with Gasteiger partial charge in [0.15, 0.2) is 0 Å². The molecule has 0 saturated carbocycles. The number of hydrogen-bond donors (Lipinski definition) is 1. The van der Waals surface area contributed by atoms with Gasteiger partial charge in [0.05, 0.1) is 11.8 Å². The first-order valence-corrected chi connectivity index (χ1v) is 8.87. The third-order valence-corrected chi connectivity index (χ3v) is 5.69. The molecule has 112 valence electrons. The molecule has 2 rings (SSSR count). The van der Waals surface area contributed by atoms with Gasteiger partial charge in [-0.25, -0.2) is 0 Å². The smallest absolute Gasteiger partial charge is 0.230 e. The number of carbonyl (C=O) groups excluding carboxylic acids is 1. The second-order valence-corrected chi connectivity index (χ2v) is 7.29. The second-order valence-electron chi connectivity index (χ2n) is 5.32. The SMILES string of the molecule is Cc1cc(C)c(SCC(=O)N[C@H](C)c2cccs2)c(C)c1. The highest BCUT2D eigenvalue weighted by atomic mass is 32.2. The van der Waals surface area contributed by atoms with Gasteiger partial charge in [-0.15, -0.1) is 23.1 Å². The molecule has 1 heterocycles. The van der Waals surface area contributed by atoms with E-state index >= 15 is 0 Å². The van der Waals surface area contributed by atoms with Gasteiger partial charge in [-0.1, -0.05) is 23.8 Å². The Balaban J connectivity index is 1.93. The molecule has 1 N–H and O–H groups in total. The minimum atomic E-state index is 0.0818. The van der Waals surface area contributed by atoms with Gasteiger partial charge in [0, 0.05) is 9.77 Å². The van der Waals surface area contributed by atoms with Crippen molar-refractivity contribution in [1.29, 1.82) is 0 Å². The van der Waals surface area contributed by atoms with Crippen LogP contribution in [0.5, 0.6) is 0 Å². The van der Waals surface area contributed by atoms with Gasteiger partial charge in [-0.3, -0.25) is 4.79 Å². The van der Waals surface area contributed by atoms with E-state index in [0.29, 0.717) is 5.75 Å². The maximum Gasteiger partial charge on any atom is 0.230 e. The molecule has 1 aromatic carbocycles. The quantitative estimate of drug-likeness (QED) is 0.813. The number of rotatable bonds is 5. The van der Waals surface area contributed by atoms with Crippen LogP contribution in [0, 0.1) is 20.8 Å². The third kappa shape index (κ3) is 4.35. The monoisotopic (exact) mass is 319 g/mol. The molecule has 0 saturated heterocycles. The zero-order chi connectivity index (χ0) is 15.4. The molecule has 0 unspecified atom stereocenters. The van der Waals surface area contributed by atoms with Crippen molar-refractivity contribution in [2.45, 2.75) is 38.6 Å². The molecule has 2 nitrogen and oxygen atoms in total. The molecule has 1 amide bonds. The average Bonchev–Trinajstić information content (AvgIpc) is 2.91. The van der Waals surface area contributed by atoms with Crippen LogP contribution >= 0.6 is 23.1 Å². The van der Waals surface area contributed by atoms with E-state index in [9.17, 15) is 4.79 Å². The summed E-state index contributed by atoms with van der Waals surface area (Å²) in [6.45, 7) is 8.34. The van der Waals surface area contributed by atoms with E-state index in [1.165, 1.54) is 26.5 Å². The summed E-state index contributed by atoms with van der Waals surface area (Å²) in [5.41, 5.74) is 3.76. The van der Waals surface area contributed by atoms with Gasteiger partial charge >= 0.3 is 0 Å². The van der Waals surface area contributed by atoms with E-state index in [-0.39, 0.29) is 11.9 Å². The Morgan fingerprint density at radius 1 is 1.29 bits per heavy atom. The van der Waals surface area contributed by atoms with Gasteiger partial charge in [0.25, 0.3) is 0 Å². The van der Waals surface area contributed by atoms with Crippen molar-refractivity contribution in [2.24, 2.45) is 0 Å². The molecule has 1 atom stereocenters. The number of nitrogens with one attached hydrogen (secondary N) is 1. The lowest BCUT2D eigenvalue weighted by Crippen LogP contribution is -2.27. The van der Waals surface area contributed by atoms with Crippen LogP contribution in [0.4, 0.5) is 0 Å². The fraction of sp³-hybridized carbons (Fsp3) is 0.353. The lowest BCUT2D eigenvalue weighted by atomic mass is 10.1. The van der Waals surface area contributed by atoms with Crippen LogP contribution in [0.3, 0.4) is 0 Å². The lowest BCUT2D eigenvalue weighted by molar-refractivity contribution is -0.119. The molecule has 0 aliphatic carbocycles. The van der Waals surface area contributed by atoms with Gasteiger partial charge < -0.3 is 5.32 Å². The summed E-state index contributed by atoms with van der Waals surface area (Å²) in [5, 5.41) is 5.09. The number of amides is 1. The summed E-state index contributed by atoms with van der Waals surface area (Å²) < 4.78 is 0. The summed E-state index contributed by atoms with van der Waals surface area (Å²) in [5.74, 6) is 0.542. The summed E-state index contributed by atoms with van der Waals surface area (Å²) in [6, 6.07) is 8.48. The van der Waals surface area contributed by atoms with Gasteiger partial charge in [-0.2, -0.15) is 0 Å². The molecule has 0 bridgehead atoms. The van der Waals surface area contributed by atoms with Crippen molar-refractivity contribution < 1.29 is 4.79 Å². The van der Waals surface area contributed by atoms with Crippen molar-refractivity contribution >= 4 is 29.0 Å². The Bertz CT molecular complexity index is 597. The fourth-order valence-electron chi connectivity index (χ4n) is 2.42. The van der Waals surface area contributed by atoms with Crippen molar-refractivity contribution in [3.63, 3.8) is 0 Å². The lowest BCUT2D eigenvalue weighted by Gasteiger charge is -2.14. The Morgan fingerprint density at radius 3 is 2.52 bits per heavy atom. The molecule has 0 spiro atoms. The maximum absolute atomic E-state index is 12.1. The van der Waals surface area contributed by atoms with Crippen molar-refractivity contribution in [3.05, 3.63) is 51.2 Å². The largest absolute Gasteiger partial charge is 0.348 e. The summed E-state index contributed by atoms with van der Waals surface area (Å²) >= 11 is 3.29. The van der Waals surface area contributed by atoms with Crippen LogP contribution in [0.15, 0.2) is 34.5 Å².